The third-order valence-corrected chi connectivity index (χ3v) is 11.9. The van der Waals surface area contributed by atoms with Crippen LogP contribution in [-0.2, 0) is 28.6 Å². The molecule has 0 heterocycles. The minimum Gasteiger partial charge on any atom is -0.462 e. The van der Waals surface area contributed by atoms with Gasteiger partial charge in [0.05, 0.1) is 0 Å². The van der Waals surface area contributed by atoms with Gasteiger partial charge in [-0.3, -0.25) is 14.4 Å². The van der Waals surface area contributed by atoms with Gasteiger partial charge in [-0.25, -0.2) is 0 Å². The van der Waals surface area contributed by atoms with Gasteiger partial charge in [-0.05, 0) is 128 Å². The summed E-state index contributed by atoms with van der Waals surface area (Å²) in [6.07, 6.45) is 80.4. The van der Waals surface area contributed by atoms with E-state index in [-0.39, 0.29) is 31.1 Å². The Morgan fingerprint density at radius 3 is 0.915 bits per heavy atom. The van der Waals surface area contributed by atoms with Crippen molar-refractivity contribution in [3.8, 4) is 0 Å². The van der Waals surface area contributed by atoms with Gasteiger partial charge in [-0.1, -0.05) is 226 Å². The molecule has 0 aliphatic carbocycles. The normalized spacial score (nSPS) is 13.0. The van der Waals surface area contributed by atoms with Gasteiger partial charge in [-0.15, -0.1) is 0 Å². The Kier molecular flexibility index (Phi) is 54.9. The molecule has 0 saturated carbocycles. The zero-order valence-electron chi connectivity index (χ0n) is 45.9. The van der Waals surface area contributed by atoms with Crippen molar-refractivity contribution < 1.29 is 28.6 Å². The third kappa shape index (κ3) is 56.6. The summed E-state index contributed by atoms with van der Waals surface area (Å²) in [5, 5.41) is 0. The first-order valence-corrected chi connectivity index (χ1v) is 29.0. The van der Waals surface area contributed by atoms with Crippen molar-refractivity contribution in [1.82, 2.24) is 0 Å². The first-order chi connectivity index (χ1) is 35.0. The van der Waals surface area contributed by atoms with E-state index in [9.17, 15) is 14.4 Å². The highest BCUT2D eigenvalue weighted by Gasteiger charge is 2.19. The van der Waals surface area contributed by atoms with Gasteiger partial charge in [0.2, 0.25) is 0 Å². The highest BCUT2D eigenvalue weighted by atomic mass is 16.6. The molecule has 0 aliphatic rings. The quantitative estimate of drug-likeness (QED) is 0.0261. The second-order valence-electron chi connectivity index (χ2n) is 18.8. The Balaban J connectivity index is 4.40. The highest BCUT2D eigenvalue weighted by Crippen LogP contribution is 2.14. The summed E-state index contributed by atoms with van der Waals surface area (Å²) in [6, 6.07) is 0. The maximum absolute atomic E-state index is 12.8. The molecule has 0 rings (SSSR count). The molecule has 71 heavy (non-hydrogen) atoms. The predicted molar refractivity (Wildman–Crippen MR) is 306 cm³/mol. The summed E-state index contributed by atoms with van der Waals surface area (Å²) < 4.78 is 16.8. The SMILES string of the molecule is CC/C=C\C/C=C\C/C=C\C/C=C\C/C=C\C/C=C\CCCCCCCCC(=O)OCC(COC(=O)CCCCCCC/C=C\C/C=C\CCC)OC(=O)CCCCCCC/C=C\C/C=C\CCCCC. The fraction of sp³-hybridized carbons (Fsp3) is 0.646. The van der Waals surface area contributed by atoms with Crippen molar-refractivity contribution in [3.05, 3.63) is 122 Å². The zero-order chi connectivity index (χ0) is 51.4. The van der Waals surface area contributed by atoms with E-state index in [1.54, 1.807) is 0 Å². The zero-order valence-corrected chi connectivity index (χ0v) is 45.9. The molecule has 0 amide bonds. The largest absolute Gasteiger partial charge is 0.462 e. The number of hydrogen-bond donors (Lipinski definition) is 0. The summed E-state index contributed by atoms with van der Waals surface area (Å²) in [5.41, 5.74) is 0. The van der Waals surface area contributed by atoms with Gasteiger partial charge in [-0.2, -0.15) is 0 Å². The van der Waals surface area contributed by atoms with Crippen LogP contribution in [0.5, 0.6) is 0 Å². The summed E-state index contributed by atoms with van der Waals surface area (Å²) in [7, 11) is 0. The number of carbonyl (C=O) groups is 3. The molecule has 0 aromatic carbocycles. The summed E-state index contributed by atoms with van der Waals surface area (Å²) >= 11 is 0. The van der Waals surface area contributed by atoms with E-state index >= 15 is 0 Å². The molecule has 0 saturated heterocycles. The van der Waals surface area contributed by atoms with Gasteiger partial charge in [0, 0.05) is 19.3 Å². The number of unbranched alkanes of at least 4 members (excludes halogenated alkanes) is 20. The van der Waals surface area contributed by atoms with Crippen molar-refractivity contribution in [1.29, 1.82) is 0 Å². The molecule has 0 aromatic rings. The van der Waals surface area contributed by atoms with Crippen molar-refractivity contribution in [3.63, 3.8) is 0 Å². The molecule has 0 radical (unpaired) electrons. The molecule has 0 N–H and O–H groups in total. The Bertz CT molecular complexity index is 1500. The monoisotopic (exact) mass is 983 g/mol. The lowest BCUT2D eigenvalue weighted by Crippen LogP contribution is -2.30. The van der Waals surface area contributed by atoms with E-state index in [4.69, 9.17) is 14.2 Å². The van der Waals surface area contributed by atoms with Crippen LogP contribution in [0.4, 0.5) is 0 Å². The summed E-state index contributed by atoms with van der Waals surface area (Å²) in [6.45, 7) is 6.39. The molecule has 0 aliphatic heterocycles. The van der Waals surface area contributed by atoms with Gasteiger partial charge < -0.3 is 14.2 Å². The molecule has 6 heteroatoms. The van der Waals surface area contributed by atoms with Crippen LogP contribution in [0, 0.1) is 0 Å². The Labute approximate surface area is 437 Å². The van der Waals surface area contributed by atoms with Crippen molar-refractivity contribution >= 4 is 17.9 Å². The second kappa shape index (κ2) is 58.4. The standard InChI is InChI=1S/C65H106O6/c1-4-7-10-13-16-19-22-25-27-28-29-30-31-32-33-34-35-36-38-40-43-46-49-52-55-58-64(67)70-61-62(60-69-63(66)57-54-51-48-45-42-39-24-21-18-15-12-9-6-3)71-65(68)59-56-53-50-47-44-41-37-26-23-20-17-14-11-8-5-2/h7,10,12,15-17,19-21,24-27,29-30,32-33,35-37,62H,4-6,8-9,11,13-14,18,22-23,28,31,34,38-61H2,1-3H3/b10-7-,15-12-,19-16-,20-17-,24-21-,27-25-,30-29-,33-32-,36-35-,37-26-. The first-order valence-electron chi connectivity index (χ1n) is 29.0. The number of hydrogen-bond acceptors (Lipinski definition) is 6. The van der Waals surface area contributed by atoms with E-state index < -0.39 is 6.10 Å². The van der Waals surface area contributed by atoms with Gasteiger partial charge in [0.1, 0.15) is 13.2 Å². The van der Waals surface area contributed by atoms with E-state index in [0.717, 1.165) is 167 Å². The van der Waals surface area contributed by atoms with Crippen molar-refractivity contribution in [2.75, 3.05) is 13.2 Å². The van der Waals surface area contributed by atoms with E-state index in [2.05, 4.69) is 142 Å². The maximum Gasteiger partial charge on any atom is 0.306 e. The lowest BCUT2D eigenvalue weighted by molar-refractivity contribution is -0.167. The van der Waals surface area contributed by atoms with Crippen LogP contribution in [0.2, 0.25) is 0 Å². The molecule has 0 bridgehead atoms. The van der Waals surface area contributed by atoms with Gasteiger partial charge >= 0.3 is 17.9 Å². The van der Waals surface area contributed by atoms with Crippen LogP contribution in [-0.4, -0.2) is 37.2 Å². The minimum absolute atomic E-state index is 0.0987. The minimum atomic E-state index is -0.801. The number of allylic oxidation sites excluding steroid dienone is 20. The second-order valence-corrected chi connectivity index (χ2v) is 18.8. The molecule has 0 aromatic heterocycles. The predicted octanol–water partition coefficient (Wildman–Crippen LogP) is 19.6. The highest BCUT2D eigenvalue weighted by molar-refractivity contribution is 5.71. The van der Waals surface area contributed by atoms with E-state index in [0.29, 0.717) is 19.3 Å². The van der Waals surface area contributed by atoms with Crippen molar-refractivity contribution in [2.24, 2.45) is 0 Å². The topological polar surface area (TPSA) is 78.9 Å². The average molecular weight is 984 g/mol. The summed E-state index contributed by atoms with van der Waals surface area (Å²) in [4.78, 5) is 38.1. The molecule has 0 fully saturated rings. The Hall–Kier alpha value is -4.19. The van der Waals surface area contributed by atoms with Gasteiger partial charge in [0.15, 0.2) is 6.10 Å². The fourth-order valence-electron chi connectivity index (χ4n) is 7.57. The van der Waals surface area contributed by atoms with Gasteiger partial charge in [0.25, 0.3) is 0 Å². The molecule has 1 atom stereocenters. The van der Waals surface area contributed by atoms with E-state index in [1.165, 1.54) is 44.9 Å². The number of rotatable bonds is 51. The molecule has 0 spiro atoms. The van der Waals surface area contributed by atoms with Crippen LogP contribution in [0.15, 0.2) is 122 Å². The summed E-state index contributed by atoms with van der Waals surface area (Å²) in [5.74, 6) is -0.943. The molecule has 6 nitrogen and oxygen atoms in total. The van der Waals surface area contributed by atoms with Crippen LogP contribution in [0.1, 0.15) is 252 Å². The first kappa shape index (κ1) is 66.8. The average Bonchev–Trinajstić information content (AvgIpc) is 3.37. The van der Waals surface area contributed by atoms with Crippen molar-refractivity contribution in [2.45, 2.75) is 258 Å². The Morgan fingerprint density at radius 1 is 0.296 bits per heavy atom. The third-order valence-electron chi connectivity index (χ3n) is 11.9. The molecular weight excluding hydrogens is 877 g/mol. The molecule has 402 valence electrons. The van der Waals surface area contributed by atoms with Crippen LogP contribution >= 0.6 is 0 Å². The van der Waals surface area contributed by atoms with Crippen LogP contribution in [0.25, 0.3) is 0 Å². The number of ether oxygens (including phenoxy) is 3. The van der Waals surface area contributed by atoms with Crippen LogP contribution < -0.4 is 0 Å². The van der Waals surface area contributed by atoms with E-state index in [1.807, 2.05) is 0 Å². The maximum atomic E-state index is 12.8. The lowest BCUT2D eigenvalue weighted by Gasteiger charge is -2.18. The lowest BCUT2D eigenvalue weighted by atomic mass is 10.1. The van der Waals surface area contributed by atoms with Crippen LogP contribution in [0.3, 0.4) is 0 Å². The number of carbonyl (C=O) groups excluding carboxylic acids is 3. The number of esters is 3. The molecule has 1 unspecified atom stereocenters. The fourth-order valence-corrected chi connectivity index (χ4v) is 7.57. The Morgan fingerprint density at radius 2 is 0.577 bits per heavy atom. The molecular formula is C65H106O6. The smallest absolute Gasteiger partial charge is 0.306 e.